The predicted molar refractivity (Wildman–Crippen MR) is 66.8 cm³/mol. The highest BCUT2D eigenvalue weighted by molar-refractivity contribution is 7.93. The van der Waals surface area contributed by atoms with Crippen molar-refractivity contribution in [3.05, 3.63) is 11.1 Å². The fourth-order valence-corrected chi connectivity index (χ4v) is 3.45. The van der Waals surface area contributed by atoms with Crippen LogP contribution in [0.2, 0.25) is 0 Å². The van der Waals surface area contributed by atoms with Crippen molar-refractivity contribution < 1.29 is 13.2 Å². The lowest BCUT2D eigenvalue weighted by atomic mass is 10.3. The van der Waals surface area contributed by atoms with Crippen LogP contribution in [0, 0.1) is 6.92 Å². The van der Waals surface area contributed by atoms with Gasteiger partial charge in [0, 0.05) is 17.6 Å². The molecule has 1 N–H and O–H groups in total. The minimum absolute atomic E-state index is 0.0145. The molecular weight excluding hydrogens is 260 g/mol. The summed E-state index contributed by atoms with van der Waals surface area (Å²) in [5.74, 6) is -0.991. The molecule has 1 aromatic heterocycles. The van der Waals surface area contributed by atoms with Gasteiger partial charge in [-0.3, -0.25) is 4.79 Å². The van der Waals surface area contributed by atoms with Crippen molar-refractivity contribution in [1.82, 2.24) is 10.3 Å². The first-order valence-corrected chi connectivity index (χ1v) is 7.90. The van der Waals surface area contributed by atoms with Crippen LogP contribution in [0.25, 0.3) is 0 Å². The quantitative estimate of drug-likeness (QED) is 0.791. The molecule has 0 fully saturated rings. The summed E-state index contributed by atoms with van der Waals surface area (Å²) < 4.78 is 23.6. The van der Waals surface area contributed by atoms with Crippen LogP contribution in [-0.2, 0) is 14.6 Å². The lowest BCUT2D eigenvalue weighted by molar-refractivity contribution is -0.118. The summed E-state index contributed by atoms with van der Waals surface area (Å²) in [5, 5.41) is 4.23. The lowest BCUT2D eigenvalue weighted by Gasteiger charge is -2.03. The largest absolute Gasteiger partial charge is 0.355 e. The second-order valence-electron chi connectivity index (χ2n) is 3.72. The Morgan fingerprint density at radius 1 is 1.53 bits per heavy atom. The molecule has 7 heteroatoms. The maximum absolute atomic E-state index is 11.8. The maximum atomic E-state index is 11.8. The number of carbonyl (C=O) groups is 1. The van der Waals surface area contributed by atoms with Crippen LogP contribution >= 0.6 is 11.3 Å². The highest BCUT2D eigenvalue weighted by atomic mass is 32.2. The van der Waals surface area contributed by atoms with E-state index in [2.05, 4.69) is 10.3 Å². The molecule has 0 bridgehead atoms. The Bertz CT molecular complexity index is 479. The van der Waals surface area contributed by atoms with Gasteiger partial charge in [-0.1, -0.05) is 13.3 Å². The average Bonchev–Trinajstić information content (AvgIpc) is 2.65. The zero-order chi connectivity index (χ0) is 12.9. The molecule has 0 aliphatic heterocycles. The zero-order valence-corrected chi connectivity index (χ0v) is 11.5. The normalized spacial score (nSPS) is 11.4. The van der Waals surface area contributed by atoms with Crippen LogP contribution in [0.15, 0.2) is 9.72 Å². The smallest absolute Gasteiger partial charge is 0.235 e. The summed E-state index contributed by atoms with van der Waals surface area (Å²) in [5.41, 5.74) is 0.653. The van der Waals surface area contributed by atoms with Gasteiger partial charge >= 0.3 is 0 Å². The Balaban J connectivity index is 2.58. The number of hydrogen-bond acceptors (Lipinski definition) is 5. The third kappa shape index (κ3) is 4.43. The van der Waals surface area contributed by atoms with Crippen molar-refractivity contribution in [1.29, 1.82) is 0 Å². The molecule has 0 spiro atoms. The van der Waals surface area contributed by atoms with Gasteiger partial charge in [0.1, 0.15) is 5.75 Å². The fraction of sp³-hybridized carbons (Fsp3) is 0.600. The van der Waals surface area contributed by atoms with E-state index in [0.717, 1.165) is 24.2 Å². The molecule has 17 heavy (non-hydrogen) atoms. The van der Waals surface area contributed by atoms with Gasteiger partial charge in [-0.25, -0.2) is 13.4 Å². The van der Waals surface area contributed by atoms with E-state index >= 15 is 0 Å². The topological polar surface area (TPSA) is 76.1 Å². The number of rotatable bonds is 6. The van der Waals surface area contributed by atoms with Crippen molar-refractivity contribution in [3.8, 4) is 0 Å². The molecule has 0 radical (unpaired) electrons. The summed E-state index contributed by atoms with van der Waals surface area (Å²) in [6, 6.07) is 0. The third-order valence-corrected chi connectivity index (χ3v) is 5.11. The molecule has 0 unspecified atom stereocenters. The third-order valence-electron chi connectivity index (χ3n) is 2.04. The molecule has 1 heterocycles. The SMILES string of the molecule is CCCCNC(=O)CS(=O)(=O)c1nc(C)cs1. The highest BCUT2D eigenvalue weighted by Gasteiger charge is 2.22. The number of hydrogen-bond donors (Lipinski definition) is 1. The number of thiazole rings is 1. The summed E-state index contributed by atoms with van der Waals surface area (Å²) >= 11 is 1.05. The number of aryl methyl sites for hydroxylation is 1. The second-order valence-corrected chi connectivity index (χ2v) is 6.74. The number of aromatic nitrogens is 1. The monoisotopic (exact) mass is 276 g/mol. The molecule has 1 rings (SSSR count). The van der Waals surface area contributed by atoms with Crippen molar-refractivity contribution in [2.45, 2.75) is 31.0 Å². The van der Waals surface area contributed by atoms with Gasteiger partial charge in [0.25, 0.3) is 0 Å². The van der Waals surface area contributed by atoms with E-state index in [-0.39, 0.29) is 4.34 Å². The van der Waals surface area contributed by atoms with Gasteiger partial charge in [0.05, 0.1) is 0 Å². The van der Waals surface area contributed by atoms with E-state index in [0.29, 0.717) is 12.2 Å². The minimum Gasteiger partial charge on any atom is -0.355 e. The van der Waals surface area contributed by atoms with Crippen LogP contribution in [-0.4, -0.2) is 31.6 Å². The summed E-state index contributed by atoms with van der Waals surface area (Å²) in [6.45, 7) is 4.24. The standard InChI is InChI=1S/C10H16N2O3S2/c1-3-4-5-11-9(13)7-17(14,15)10-12-8(2)6-16-10/h6H,3-5,7H2,1-2H3,(H,11,13). The molecular formula is C10H16N2O3S2. The molecule has 5 nitrogen and oxygen atoms in total. The number of sulfone groups is 1. The van der Waals surface area contributed by atoms with Crippen molar-refractivity contribution in [2.24, 2.45) is 0 Å². The number of unbranched alkanes of at least 4 members (excludes halogenated alkanes) is 1. The van der Waals surface area contributed by atoms with Gasteiger partial charge < -0.3 is 5.32 Å². The van der Waals surface area contributed by atoms with E-state index in [1.165, 1.54) is 0 Å². The lowest BCUT2D eigenvalue weighted by Crippen LogP contribution is -2.31. The van der Waals surface area contributed by atoms with Crippen LogP contribution in [0.4, 0.5) is 0 Å². The van der Waals surface area contributed by atoms with E-state index in [9.17, 15) is 13.2 Å². The Labute approximate surface area is 105 Å². The fourth-order valence-electron chi connectivity index (χ4n) is 1.17. The Kier molecular flexibility index (Phi) is 5.07. The second kappa shape index (κ2) is 6.11. The molecule has 0 saturated heterocycles. The maximum Gasteiger partial charge on any atom is 0.235 e. The van der Waals surface area contributed by atoms with Gasteiger partial charge in [-0.2, -0.15) is 0 Å². The molecule has 1 amide bonds. The van der Waals surface area contributed by atoms with E-state index in [1.807, 2.05) is 6.92 Å². The van der Waals surface area contributed by atoms with Gasteiger partial charge in [-0.15, -0.1) is 11.3 Å². The number of amides is 1. The molecule has 96 valence electrons. The van der Waals surface area contributed by atoms with Crippen LogP contribution in [0.1, 0.15) is 25.5 Å². The molecule has 0 atom stereocenters. The van der Waals surface area contributed by atoms with Crippen molar-refractivity contribution in [3.63, 3.8) is 0 Å². The molecule has 0 aliphatic carbocycles. The van der Waals surface area contributed by atoms with Gasteiger partial charge in [-0.05, 0) is 13.3 Å². The van der Waals surface area contributed by atoms with Gasteiger partial charge in [0.15, 0.2) is 0 Å². The van der Waals surface area contributed by atoms with Gasteiger partial charge in [0.2, 0.25) is 20.1 Å². The Morgan fingerprint density at radius 3 is 2.76 bits per heavy atom. The first-order valence-electron chi connectivity index (χ1n) is 5.37. The van der Waals surface area contributed by atoms with Crippen molar-refractivity contribution >= 4 is 27.1 Å². The number of nitrogens with zero attached hydrogens (tertiary/aromatic N) is 1. The van der Waals surface area contributed by atoms with E-state index in [4.69, 9.17) is 0 Å². The summed E-state index contributed by atoms with van der Waals surface area (Å²) in [7, 11) is -3.58. The zero-order valence-electron chi connectivity index (χ0n) is 9.89. The Morgan fingerprint density at radius 2 is 2.24 bits per heavy atom. The molecule has 0 aliphatic rings. The van der Waals surface area contributed by atoms with E-state index in [1.54, 1.807) is 12.3 Å². The average molecular weight is 276 g/mol. The summed E-state index contributed by atoms with van der Waals surface area (Å²) in [6.07, 6.45) is 1.81. The first kappa shape index (κ1) is 14.1. The minimum atomic E-state index is -3.58. The summed E-state index contributed by atoms with van der Waals surface area (Å²) in [4.78, 5) is 15.3. The molecule has 1 aromatic rings. The van der Waals surface area contributed by atoms with Crippen LogP contribution in [0.3, 0.4) is 0 Å². The first-order chi connectivity index (χ1) is 7.95. The highest BCUT2D eigenvalue weighted by Crippen LogP contribution is 2.16. The number of nitrogens with one attached hydrogen (secondary N) is 1. The number of carbonyl (C=O) groups excluding carboxylic acids is 1. The van der Waals surface area contributed by atoms with Crippen LogP contribution in [0.5, 0.6) is 0 Å². The van der Waals surface area contributed by atoms with E-state index < -0.39 is 21.5 Å². The molecule has 0 aromatic carbocycles. The molecule has 0 saturated carbocycles. The predicted octanol–water partition coefficient (Wildman–Crippen LogP) is 1.14. The van der Waals surface area contributed by atoms with Crippen molar-refractivity contribution in [2.75, 3.05) is 12.3 Å². The Hall–Kier alpha value is -0.950. The van der Waals surface area contributed by atoms with Crippen LogP contribution < -0.4 is 5.32 Å².